The third-order valence-corrected chi connectivity index (χ3v) is 2.91. The van der Waals surface area contributed by atoms with E-state index in [1.54, 1.807) is 13.2 Å². The van der Waals surface area contributed by atoms with Crippen molar-refractivity contribution in [1.82, 2.24) is 0 Å². The number of aliphatic imine (C=N–C) groups is 1. The van der Waals surface area contributed by atoms with Crippen molar-refractivity contribution in [1.29, 1.82) is 0 Å². The number of aldehydes is 1. The Morgan fingerprint density at radius 1 is 1.38 bits per heavy atom. The number of benzene rings is 1. The van der Waals surface area contributed by atoms with Gasteiger partial charge in [-0.15, -0.1) is 0 Å². The molecule has 0 aliphatic carbocycles. The highest BCUT2D eigenvalue weighted by Gasteiger charge is 2.23. The first-order valence-electron chi connectivity index (χ1n) is 6.85. The summed E-state index contributed by atoms with van der Waals surface area (Å²) in [5.41, 5.74) is 1.51. The Morgan fingerprint density at radius 3 is 2.86 bits per heavy atom. The van der Waals surface area contributed by atoms with Crippen LogP contribution in [0, 0.1) is 0 Å². The van der Waals surface area contributed by atoms with E-state index in [0.29, 0.717) is 24.7 Å². The molecule has 1 aromatic rings. The van der Waals surface area contributed by atoms with Crippen LogP contribution in [0.15, 0.2) is 17.1 Å². The van der Waals surface area contributed by atoms with Gasteiger partial charge in [-0.1, -0.05) is 0 Å². The van der Waals surface area contributed by atoms with E-state index in [1.807, 2.05) is 19.9 Å². The van der Waals surface area contributed by atoms with Crippen molar-refractivity contribution in [3.63, 3.8) is 0 Å². The molecule has 0 saturated carbocycles. The van der Waals surface area contributed by atoms with Gasteiger partial charge in [0.2, 0.25) is 0 Å². The summed E-state index contributed by atoms with van der Waals surface area (Å²) in [5, 5.41) is 3.03. The highest BCUT2D eigenvalue weighted by atomic mass is 16.5. The lowest BCUT2D eigenvalue weighted by Gasteiger charge is -2.23. The SMILES string of the molecule is COCCOc1cc2c(c(OC(C)C)c1)C(C=O)N=CN2. The van der Waals surface area contributed by atoms with Crippen LogP contribution in [0.2, 0.25) is 0 Å². The third-order valence-electron chi connectivity index (χ3n) is 2.91. The molecule has 0 fully saturated rings. The maximum atomic E-state index is 11.2. The standard InChI is InChI=1S/C15H20N2O4/c1-10(2)21-14-7-11(20-5-4-19-3)6-12-15(14)13(8-18)17-9-16-12/h6-10,13H,4-5H2,1-3H3,(H,16,17). The van der Waals surface area contributed by atoms with E-state index in [1.165, 1.54) is 6.34 Å². The van der Waals surface area contributed by atoms with Gasteiger partial charge < -0.3 is 24.3 Å². The molecule has 1 aliphatic rings. The fraction of sp³-hybridized carbons (Fsp3) is 0.467. The predicted octanol–water partition coefficient (Wildman–Crippen LogP) is 2.19. The van der Waals surface area contributed by atoms with Gasteiger partial charge >= 0.3 is 0 Å². The number of hydrogen-bond acceptors (Lipinski definition) is 6. The number of anilines is 1. The molecule has 0 aromatic heterocycles. The summed E-state index contributed by atoms with van der Waals surface area (Å²) in [6.07, 6.45) is 2.30. The first-order chi connectivity index (χ1) is 10.2. The number of fused-ring (bicyclic) bond motifs is 1. The molecule has 1 atom stereocenters. The monoisotopic (exact) mass is 292 g/mol. The van der Waals surface area contributed by atoms with Crippen LogP contribution in [0.1, 0.15) is 25.5 Å². The summed E-state index contributed by atoms with van der Waals surface area (Å²) in [6.45, 7) is 4.81. The lowest BCUT2D eigenvalue weighted by molar-refractivity contribution is -0.109. The average molecular weight is 292 g/mol. The number of carbonyl (C=O) groups is 1. The summed E-state index contributed by atoms with van der Waals surface area (Å²) in [5.74, 6) is 1.27. The van der Waals surface area contributed by atoms with Gasteiger partial charge in [0, 0.05) is 24.8 Å². The molecular weight excluding hydrogens is 272 g/mol. The first-order valence-corrected chi connectivity index (χ1v) is 6.85. The van der Waals surface area contributed by atoms with Crippen LogP contribution in [0.4, 0.5) is 5.69 Å². The number of rotatable bonds is 7. The van der Waals surface area contributed by atoms with Crippen molar-refractivity contribution >= 4 is 18.3 Å². The summed E-state index contributed by atoms with van der Waals surface area (Å²) in [7, 11) is 1.62. The molecule has 0 amide bonds. The third kappa shape index (κ3) is 3.72. The maximum Gasteiger partial charge on any atom is 0.149 e. The number of carbonyl (C=O) groups excluding carboxylic acids is 1. The van der Waals surface area contributed by atoms with E-state index in [2.05, 4.69) is 10.3 Å². The molecule has 0 saturated heterocycles. The lowest BCUT2D eigenvalue weighted by atomic mass is 10.0. The summed E-state index contributed by atoms with van der Waals surface area (Å²) >= 11 is 0. The molecule has 1 aromatic carbocycles. The van der Waals surface area contributed by atoms with E-state index < -0.39 is 6.04 Å². The minimum Gasteiger partial charge on any atom is -0.491 e. The Labute approximate surface area is 124 Å². The van der Waals surface area contributed by atoms with Crippen LogP contribution in [-0.2, 0) is 9.53 Å². The molecule has 6 nitrogen and oxygen atoms in total. The molecule has 2 rings (SSSR count). The molecule has 0 bridgehead atoms. The zero-order valence-electron chi connectivity index (χ0n) is 12.5. The fourth-order valence-electron chi connectivity index (χ4n) is 2.07. The highest BCUT2D eigenvalue weighted by molar-refractivity contribution is 5.87. The number of nitrogens with zero attached hydrogens (tertiary/aromatic N) is 1. The second-order valence-corrected chi connectivity index (χ2v) is 4.89. The average Bonchev–Trinajstić information content (AvgIpc) is 2.46. The summed E-state index contributed by atoms with van der Waals surface area (Å²) in [6, 6.07) is 3.07. The molecule has 1 aliphatic heterocycles. The quantitative estimate of drug-likeness (QED) is 0.616. The molecule has 0 radical (unpaired) electrons. The van der Waals surface area contributed by atoms with Crippen molar-refractivity contribution in [2.75, 3.05) is 25.6 Å². The van der Waals surface area contributed by atoms with Gasteiger partial charge in [0.1, 0.15) is 30.4 Å². The van der Waals surface area contributed by atoms with E-state index in [-0.39, 0.29) is 6.10 Å². The Morgan fingerprint density at radius 2 is 2.19 bits per heavy atom. The van der Waals surface area contributed by atoms with Gasteiger partial charge in [0.25, 0.3) is 0 Å². The summed E-state index contributed by atoms with van der Waals surface area (Å²) in [4.78, 5) is 15.3. The molecule has 1 heterocycles. The molecule has 1 unspecified atom stereocenters. The second kappa shape index (κ2) is 7.08. The van der Waals surface area contributed by atoms with Crippen LogP contribution >= 0.6 is 0 Å². The second-order valence-electron chi connectivity index (χ2n) is 4.89. The van der Waals surface area contributed by atoms with Crippen molar-refractivity contribution < 1.29 is 19.0 Å². The van der Waals surface area contributed by atoms with Crippen LogP contribution in [0.5, 0.6) is 11.5 Å². The van der Waals surface area contributed by atoms with Gasteiger partial charge in [0.15, 0.2) is 0 Å². The molecule has 1 N–H and O–H groups in total. The van der Waals surface area contributed by atoms with Gasteiger partial charge in [-0.05, 0) is 13.8 Å². The zero-order chi connectivity index (χ0) is 15.2. The Kier molecular flexibility index (Phi) is 5.16. The fourth-order valence-corrected chi connectivity index (χ4v) is 2.07. The largest absolute Gasteiger partial charge is 0.491 e. The van der Waals surface area contributed by atoms with Crippen molar-refractivity contribution in [3.8, 4) is 11.5 Å². The molecular formula is C15H20N2O4. The van der Waals surface area contributed by atoms with Crippen LogP contribution in [-0.4, -0.2) is 39.1 Å². The number of methoxy groups -OCH3 is 1. The number of nitrogens with one attached hydrogen (secondary N) is 1. The number of hydrogen-bond donors (Lipinski definition) is 1. The first kappa shape index (κ1) is 15.3. The lowest BCUT2D eigenvalue weighted by Crippen LogP contribution is -2.16. The van der Waals surface area contributed by atoms with Gasteiger partial charge in [0.05, 0.1) is 24.7 Å². The predicted molar refractivity (Wildman–Crippen MR) is 80.5 cm³/mol. The number of ether oxygens (including phenoxy) is 3. The minimum absolute atomic E-state index is 0.0125. The maximum absolute atomic E-state index is 11.2. The van der Waals surface area contributed by atoms with Crippen molar-refractivity contribution in [2.45, 2.75) is 26.0 Å². The summed E-state index contributed by atoms with van der Waals surface area (Å²) < 4.78 is 16.4. The van der Waals surface area contributed by atoms with Gasteiger partial charge in [-0.3, -0.25) is 4.99 Å². The van der Waals surface area contributed by atoms with Gasteiger partial charge in [-0.25, -0.2) is 0 Å². The zero-order valence-corrected chi connectivity index (χ0v) is 12.5. The molecule has 21 heavy (non-hydrogen) atoms. The highest BCUT2D eigenvalue weighted by Crippen LogP contribution is 2.39. The van der Waals surface area contributed by atoms with E-state index in [4.69, 9.17) is 14.2 Å². The Balaban J connectivity index is 2.34. The molecule has 0 spiro atoms. The molecule has 6 heteroatoms. The van der Waals surface area contributed by atoms with Crippen LogP contribution in [0.25, 0.3) is 0 Å². The van der Waals surface area contributed by atoms with Crippen molar-refractivity contribution in [3.05, 3.63) is 17.7 Å². The smallest absolute Gasteiger partial charge is 0.149 e. The van der Waals surface area contributed by atoms with Gasteiger partial charge in [-0.2, -0.15) is 0 Å². The van der Waals surface area contributed by atoms with E-state index in [9.17, 15) is 4.79 Å². The van der Waals surface area contributed by atoms with E-state index >= 15 is 0 Å². The minimum atomic E-state index is -0.553. The molecule has 114 valence electrons. The van der Waals surface area contributed by atoms with Crippen LogP contribution in [0.3, 0.4) is 0 Å². The van der Waals surface area contributed by atoms with Crippen molar-refractivity contribution in [2.24, 2.45) is 4.99 Å². The van der Waals surface area contributed by atoms with E-state index in [0.717, 1.165) is 17.5 Å². The topological polar surface area (TPSA) is 69.2 Å². The Bertz CT molecular complexity index is 529. The normalized spacial score (nSPS) is 16.3. The van der Waals surface area contributed by atoms with Crippen LogP contribution < -0.4 is 14.8 Å². The Hall–Kier alpha value is -2.08.